The molecule has 6 nitrogen and oxygen atoms in total. The van der Waals surface area contributed by atoms with Gasteiger partial charge in [-0.05, 0) is 65.8 Å². The third-order valence-electron chi connectivity index (χ3n) is 6.48. The summed E-state index contributed by atoms with van der Waals surface area (Å²) in [6.45, 7) is 6.89. The van der Waals surface area contributed by atoms with Gasteiger partial charge in [0.15, 0.2) is 23.0 Å². The molecule has 0 unspecified atom stereocenters. The van der Waals surface area contributed by atoms with E-state index in [9.17, 15) is 0 Å². The number of benzene rings is 3. The van der Waals surface area contributed by atoms with Crippen molar-refractivity contribution in [2.45, 2.75) is 46.1 Å². The van der Waals surface area contributed by atoms with Crippen LogP contribution in [0.2, 0.25) is 0 Å². The van der Waals surface area contributed by atoms with E-state index in [1.54, 1.807) is 28.4 Å². The lowest BCUT2D eigenvalue weighted by Gasteiger charge is -2.20. The summed E-state index contributed by atoms with van der Waals surface area (Å²) in [5.74, 6) is 3.89. The van der Waals surface area contributed by atoms with E-state index in [1.165, 1.54) is 0 Å². The van der Waals surface area contributed by atoms with Crippen molar-refractivity contribution in [3.8, 4) is 34.5 Å². The molecule has 0 aliphatic carbocycles. The van der Waals surface area contributed by atoms with E-state index in [2.05, 4.69) is 57.2 Å². The fraction of sp³-hybridized carbons (Fsp3) is 0.353. The second-order valence-corrected chi connectivity index (χ2v) is 9.25. The molecule has 0 fully saturated rings. The van der Waals surface area contributed by atoms with Crippen LogP contribution in [-0.4, -0.2) is 41.2 Å². The van der Waals surface area contributed by atoms with Crippen LogP contribution in [-0.2, 0) is 0 Å². The summed E-state index contributed by atoms with van der Waals surface area (Å²) in [5, 5.41) is 0. The number of hydrogen-bond acceptors (Lipinski definition) is 6. The van der Waals surface area contributed by atoms with Gasteiger partial charge in [0.25, 0.3) is 0 Å². The molecule has 0 saturated carbocycles. The maximum Gasteiger partial charge on any atom is 0.203 e. The summed E-state index contributed by atoms with van der Waals surface area (Å²) in [5.41, 5.74) is 4.07. The molecule has 40 heavy (non-hydrogen) atoms. The van der Waals surface area contributed by atoms with Crippen molar-refractivity contribution in [3.63, 3.8) is 0 Å². The Labute approximate surface area is 239 Å². The van der Waals surface area contributed by atoms with Gasteiger partial charge in [-0.2, -0.15) is 0 Å². The molecule has 0 aliphatic heterocycles. The van der Waals surface area contributed by atoms with Crippen molar-refractivity contribution in [1.29, 1.82) is 0 Å². The van der Waals surface area contributed by atoms with Crippen LogP contribution < -0.4 is 28.4 Å². The van der Waals surface area contributed by atoms with Crippen molar-refractivity contribution >= 4 is 24.3 Å². The second-order valence-electron chi connectivity index (χ2n) is 9.25. The maximum atomic E-state index is 6.19. The zero-order valence-corrected chi connectivity index (χ0v) is 24.8. The predicted molar refractivity (Wildman–Crippen MR) is 164 cm³/mol. The Morgan fingerprint density at radius 1 is 0.550 bits per heavy atom. The first-order chi connectivity index (χ1) is 19.5. The summed E-state index contributed by atoms with van der Waals surface area (Å²) in [6.07, 6.45) is 11.0. The third-order valence-corrected chi connectivity index (χ3v) is 6.48. The molecular formula is C34H42O6. The minimum absolute atomic E-state index is 0.111. The van der Waals surface area contributed by atoms with E-state index >= 15 is 0 Å². The third kappa shape index (κ3) is 7.98. The first-order valence-corrected chi connectivity index (χ1v) is 13.8. The second kappa shape index (κ2) is 15.5. The molecule has 0 aliphatic rings. The molecular weight excluding hydrogens is 504 g/mol. The zero-order valence-electron chi connectivity index (χ0n) is 24.8. The highest BCUT2D eigenvalue weighted by Gasteiger charge is 2.17. The standard InChI is InChI=1S/C34H42O6/c1-8-19-39-33-29(35-4)20-26(21-30(33)36-5)17-15-24-11-13-25(14-12-24)16-18-27-22-31(37-6)34(32(23-27)38-7)40-28(9-2)10-3/h11-18,20-23,28H,8-10,19H2,1-7H3/b17-15+,18-16+. The number of methoxy groups -OCH3 is 4. The van der Waals surface area contributed by atoms with E-state index in [4.69, 9.17) is 28.4 Å². The lowest BCUT2D eigenvalue weighted by molar-refractivity contribution is 0.177. The first kappa shape index (κ1) is 30.5. The van der Waals surface area contributed by atoms with Crippen LogP contribution >= 0.6 is 0 Å². The zero-order chi connectivity index (χ0) is 28.9. The lowest BCUT2D eigenvalue weighted by Crippen LogP contribution is -2.15. The topological polar surface area (TPSA) is 55.4 Å². The van der Waals surface area contributed by atoms with Gasteiger partial charge in [-0.3, -0.25) is 0 Å². The minimum atomic E-state index is 0.111. The summed E-state index contributed by atoms with van der Waals surface area (Å²) in [6, 6.07) is 16.2. The van der Waals surface area contributed by atoms with E-state index in [0.29, 0.717) is 41.1 Å². The Bertz CT molecular complexity index is 1220. The highest BCUT2D eigenvalue weighted by Crippen LogP contribution is 2.41. The Hall–Kier alpha value is -4.06. The van der Waals surface area contributed by atoms with Gasteiger partial charge in [0.2, 0.25) is 11.5 Å². The highest BCUT2D eigenvalue weighted by molar-refractivity contribution is 5.75. The maximum absolute atomic E-state index is 6.19. The van der Waals surface area contributed by atoms with Gasteiger partial charge in [-0.15, -0.1) is 0 Å². The normalized spacial score (nSPS) is 11.3. The van der Waals surface area contributed by atoms with Crippen LogP contribution in [0, 0.1) is 0 Å². The van der Waals surface area contributed by atoms with Crippen molar-refractivity contribution in [1.82, 2.24) is 0 Å². The monoisotopic (exact) mass is 546 g/mol. The smallest absolute Gasteiger partial charge is 0.203 e. The molecule has 0 heterocycles. The predicted octanol–water partition coefficient (Wildman–Crippen LogP) is 8.42. The van der Waals surface area contributed by atoms with Crippen LogP contribution in [0.4, 0.5) is 0 Å². The molecule has 0 radical (unpaired) electrons. The molecule has 0 atom stereocenters. The van der Waals surface area contributed by atoms with Crippen molar-refractivity contribution in [3.05, 3.63) is 70.8 Å². The largest absolute Gasteiger partial charge is 0.493 e. The molecule has 214 valence electrons. The first-order valence-electron chi connectivity index (χ1n) is 13.8. The summed E-state index contributed by atoms with van der Waals surface area (Å²) >= 11 is 0. The number of ether oxygens (including phenoxy) is 6. The van der Waals surface area contributed by atoms with Gasteiger partial charge in [-0.1, -0.05) is 69.3 Å². The number of hydrogen-bond donors (Lipinski definition) is 0. The van der Waals surface area contributed by atoms with E-state index in [1.807, 2.05) is 36.4 Å². The van der Waals surface area contributed by atoms with E-state index < -0.39 is 0 Å². The van der Waals surface area contributed by atoms with Gasteiger partial charge in [0.1, 0.15) is 0 Å². The fourth-order valence-corrected chi connectivity index (χ4v) is 4.18. The molecule has 0 amide bonds. The van der Waals surface area contributed by atoms with Crippen LogP contribution in [0.25, 0.3) is 24.3 Å². The van der Waals surface area contributed by atoms with Gasteiger partial charge in [0, 0.05) is 0 Å². The Kier molecular flexibility index (Phi) is 11.8. The molecule has 3 aromatic carbocycles. The van der Waals surface area contributed by atoms with Gasteiger partial charge < -0.3 is 28.4 Å². The van der Waals surface area contributed by atoms with E-state index in [-0.39, 0.29) is 6.10 Å². The molecule has 6 heteroatoms. The molecule has 0 N–H and O–H groups in total. The van der Waals surface area contributed by atoms with Crippen LogP contribution in [0.3, 0.4) is 0 Å². The van der Waals surface area contributed by atoms with Crippen LogP contribution in [0.1, 0.15) is 62.3 Å². The van der Waals surface area contributed by atoms with Gasteiger partial charge >= 0.3 is 0 Å². The van der Waals surface area contributed by atoms with Crippen molar-refractivity contribution in [2.75, 3.05) is 35.0 Å². The SMILES string of the molecule is CCCOc1c(OC)cc(/C=C/c2ccc(/C=C/c3cc(OC)c(OC(CC)CC)c(OC)c3)cc2)cc1OC. The minimum Gasteiger partial charge on any atom is -0.493 e. The van der Waals surface area contributed by atoms with Gasteiger partial charge in [0.05, 0.1) is 41.2 Å². The van der Waals surface area contributed by atoms with Crippen LogP contribution in [0.5, 0.6) is 34.5 Å². The summed E-state index contributed by atoms with van der Waals surface area (Å²) < 4.78 is 34.4. The van der Waals surface area contributed by atoms with Crippen LogP contribution in [0.15, 0.2) is 48.5 Å². The molecule has 3 aromatic rings. The summed E-state index contributed by atoms with van der Waals surface area (Å²) in [7, 11) is 6.57. The lowest BCUT2D eigenvalue weighted by atomic mass is 10.1. The highest BCUT2D eigenvalue weighted by atomic mass is 16.5. The fourth-order valence-electron chi connectivity index (χ4n) is 4.18. The average molecular weight is 547 g/mol. The van der Waals surface area contributed by atoms with E-state index in [0.717, 1.165) is 41.5 Å². The Morgan fingerprint density at radius 3 is 1.27 bits per heavy atom. The van der Waals surface area contributed by atoms with Gasteiger partial charge in [-0.25, -0.2) is 0 Å². The molecule has 0 bridgehead atoms. The Balaban J connectivity index is 1.76. The Morgan fingerprint density at radius 2 is 0.925 bits per heavy atom. The average Bonchev–Trinajstić information content (AvgIpc) is 3.00. The molecule has 0 aromatic heterocycles. The van der Waals surface area contributed by atoms with Crippen molar-refractivity contribution in [2.24, 2.45) is 0 Å². The molecule has 0 spiro atoms. The summed E-state index contributed by atoms with van der Waals surface area (Å²) in [4.78, 5) is 0. The molecule has 3 rings (SSSR count). The molecule has 0 saturated heterocycles. The quantitative estimate of drug-likeness (QED) is 0.178. The number of rotatable bonds is 15. The van der Waals surface area contributed by atoms with Crippen molar-refractivity contribution < 1.29 is 28.4 Å².